The molecule has 0 atom stereocenters. The van der Waals surface area contributed by atoms with Crippen LogP contribution in [0.4, 0.5) is 4.79 Å². The number of hydrogen-bond donors (Lipinski definition) is 1. The van der Waals surface area contributed by atoms with Crippen LogP contribution in [-0.4, -0.2) is 43.8 Å². The fourth-order valence-corrected chi connectivity index (χ4v) is 5.93. The summed E-state index contributed by atoms with van der Waals surface area (Å²) in [5.41, 5.74) is 0.785. The summed E-state index contributed by atoms with van der Waals surface area (Å²) in [5, 5.41) is 3.82. The lowest BCUT2D eigenvalue weighted by Crippen LogP contribution is -2.36. The molecule has 6 nitrogen and oxygen atoms in total. The number of nitrogens with zero attached hydrogens (tertiary/aromatic N) is 2. The second-order valence-electron chi connectivity index (χ2n) is 6.06. The van der Waals surface area contributed by atoms with Gasteiger partial charge >= 0.3 is 6.03 Å². The van der Waals surface area contributed by atoms with Crippen LogP contribution in [-0.2, 0) is 23.1 Å². The van der Waals surface area contributed by atoms with Crippen LogP contribution in [0.25, 0.3) is 0 Å². The fourth-order valence-electron chi connectivity index (χ4n) is 2.56. The van der Waals surface area contributed by atoms with E-state index >= 15 is 0 Å². The van der Waals surface area contributed by atoms with Gasteiger partial charge in [0, 0.05) is 41.6 Å². The number of carbonyl (C=O) groups is 1. The van der Waals surface area contributed by atoms with Gasteiger partial charge in [-0.2, -0.15) is 4.31 Å². The molecule has 2 rings (SSSR count). The third-order valence-electron chi connectivity index (χ3n) is 4.12. The number of carbonyl (C=O) groups excluding carboxylic acids is 1. The van der Waals surface area contributed by atoms with Crippen molar-refractivity contribution in [3.8, 4) is 0 Å². The highest BCUT2D eigenvalue weighted by molar-refractivity contribution is 7.91. The summed E-state index contributed by atoms with van der Waals surface area (Å²) in [7, 11) is -1.82. The number of hydrogen-bond acceptors (Lipinski definition) is 4. The molecule has 1 aromatic heterocycles. The van der Waals surface area contributed by atoms with Gasteiger partial charge in [0.1, 0.15) is 4.21 Å². The molecule has 2 amide bonds. The molecule has 0 saturated heterocycles. The van der Waals surface area contributed by atoms with Gasteiger partial charge in [-0.15, -0.1) is 11.3 Å². The molecule has 0 radical (unpaired) electrons. The zero-order chi connectivity index (χ0) is 20.9. The number of nitrogens with one attached hydrogen (secondary N) is 1. The lowest BCUT2D eigenvalue weighted by molar-refractivity contribution is 0.206. The molecule has 10 heteroatoms. The molecule has 0 saturated carbocycles. The molecule has 0 spiro atoms. The van der Waals surface area contributed by atoms with Gasteiger partial charge < -0.3 is 10.2 Å². The maximum Gasteiger partial charge on any atom is 0.317 e. The van der Waals surface area contributed by atoms with E-state index in [1.54, 1.807) is 51.2 Å². The van der Waals surface area contributed by atoms with Crippen molar-refractivity contribution in [3.63, 3.8) is 0 Å². The van der Waals surface area contributed by atoms with Crippen molar-refractivity contribution in [2.75, 3.05) is 20.1 Å². The van der Waals surface area contributed by atoms with Crippen LogP contribution in [0.1, 0.15) is 24.3 Å². The summed E-state index contributed by atoms with van der Waals surface area (Å²) in [6, 6.07) is 8.14. The number of benzene rings is 1. The van der Waals surface area contributed by atoms with E-state index in [-0.39, 0.29) is 16.8 Å². The standard InChI is InChI=1S/C18H23Cl2N3O3S2/c1-4-23(5-2)28(25,26)17-9-8-15(27-17)11-21-18(24)22(3)12-13-6-7-14(19)10-16(13)20/h6-10H,4-5,11-12H2,1-3H3,(H,21,24). The summed E-state index contributed by atoms with van der Waals surface area (Å²) >= 11 is 13.2. The van der Waals surface area contributed by atoms with Gasteiger partial charge in [0.2, 0.25) is 0 Å². The van der Waals surface area contributed by atoms with Crippen molar-refractivity contribution in [2.45, 2.75) is 31.1 Å². The van der Waals surface area contributed by atoms with E-state index in [1.807, 2.05) is 0 Å². The Kier molecular flexibility index (Phi) is 8.15. The highest BCUT2D eigenvalue weighted by Gasteiger charge is 2.23. The Morgan fingerprint density at radius 3 is 2.43 bits per heavy atom. The van der Waals surface area contributed by atoms with Crippen LogP contribution in [0, 0.1) is 0 Å². The van der Waals surface area contributed by atoms with Crippen molar-refractivity contribution in [2.24, 2.45) is 0 Å². The molecule has 28 heavy (non-hydrogen) atoms. The third kappa shape index (κ3) is 5.61. The van der Waals surface area contributed by atoms with E-state index < -0.39 is 10.0 Å². The first-order chi connectivity index (χ1) is 13.2. The Morgan fingerprint density at radius 2 is 1.82 bits per heavy atom. The first-order valence-electron chi connectivity index (χ1n) is 8.70. The molecule has 2 aromatic rings. The zero-order valence-electron chi connectivity index (χ0n) is 15.9. The number of halogens is 2. The van der Waals surface area contributed by atoms with Gasteiger partial charge in [0.25, 0.3) is 10.0 Å². The third-order valence-corrected chi connectivity index (χ3v) is 8.31. The van der Waals surface area contributed by atoms with Crippen molar-refractivity contribution in [1.82, 2.24) is 14.5 Å². The first kappa shape index (κ1) is 23.0. The number of amides is 2. The predicted molar refractivity (Wildman–Crippen MR) is 115 cm³/mol. The summed E-state index contributed by atoms with van der Waals surface area (Å²) < 4.78 is 26.8. The van der Waals surface area contributed by atoms with E-state index in [9.17, 15) is 13.2 Å². The molecule has 0 aliphatic rings. The average Bonchev–Trinajstić information content (AvgIpc) is 3.12. The van der Waals surface area contributed by atoms with Crippen LogP contribution in [0.5, 0.6) is 0 Å². The van der Waals surface area contributed by atoms with Gasteiger partial charge in [-0.3, -0.25) is 0 Å². The maximum absolute atomic E-state index is 12.5. The summed E-state index contributed by atoms with van der Waals surface area (Å²) in [6.07, 6.45) is 0. The molecule has 0 unspecified atom stereocenters. The van der Waals surface area contributed by atoms with Crippen LogP contribution >= 0.6 is 34.5 Å². The van der Waals surface area contributed by atoms with Gasteiger partial charge in [0.15, 0.2) is 0 Å². The predicted octanol–water partition coefficient (Wildman–Crippen LogP) is 4.43. The molecular formula is C18H23Cl2N3O3S2. The SMILES string of the molecule is CCN(CC)S(=O)(=O)c1ccc(CNC(=O)N(C)Cc2ccc(Cl)cc2Cl)s1. The zero-order valence-corrected chi connectivity index (χ0v) is 19.1. The van der Waals surface area contributed by atoms with Crippen LogP contribution in [0.2, 0.25) is 10.0 Å². The topological polar surface area (TPSA) is 69.7 Å². The van der Waals surface area contributed by atoms with Crippen molar-refractivity contribution in [3.05, 3.63) is 50.8 Å². The highest BCUT2D eigenvalue weighted by Crippen LogP contribution is 2.25. The van der Waals surface area contributed by atoms with E-state index in [0.717, 1.165) is 21.8 Å². The average molecular weight is 464 g/mol. The second-order valence-corrected chi connectivity index (χ2v) is 10.2. The Hall–Kier alpha value is -1.32. The normalized spacial score (nSPS) is 11.6. The van der Waals surface area contributed by atoms with Crippen LogP contribution in [0.15, 0.2) is 34.5 Å². The largest absolute Gasteiger partial charge is 0.333 e. The Bertz CT molecular complexity index is 928. The van der Waals surface area contributed by atoms with E-state index in [4.69, 9.17) is 23.2 Å². The number of thiophene rings is 1. The maximum atomic E-state index is 12.5. The molecule has 1 N–H and O–H groups in total. The number of rotatable bonds is 8. The Labute approximate surface area is 180 Å². The summed E-state index contributed by atoms with van der Waals surface area (Å²) in [4.78, 5) is 14.6. The molecule has 0 aliphatic heterocycles. The first-order valence-corrected chi connectivity index (χ1v) is 11.7. The smallest absolute Gasteiger partial charge is 0.317 e. The molecular weight excluding hydrogens is 441 g/mol. The monoisotopic (exact) mass is 463 g/mol. The van der Waals surface area contributed by atoms with Crippen LogP contribution in [0.3, 0.4) is 0 Å². The Balaban J connectivity index is 1.97. The minimum Gasteiger partial charge on any atom is -0.333 e. The summed E-state index contributed by atoms with van der Waals surface area (Å²) in [6.45, 7) is 5.02. The van der Waals surface area contributed by atoms with Gasteiger partial charge in [-0.25, -0.2) is 13.2 Å². The molecule has 1 aromatic carbocycles. The lowest BCUT2D eigenvalue weighted by atomic mass is 10.2. The molecule has 0 aliphatic carbocycles. The quantitative estimate of drug-likeness (QED) is 0.629. The van der Waals surface area contributed by atoms with Gasteiger partial charge in [0.05, 0.1) is 6.54 Å². The molecule has 1 heterocycles. The number of sulfonamides is 1. The molecule has 154 valence electrons. The lowest BCUT2D eigenvalue weighted by Gasteiger charge is -2.18. The van der Waals surface area contributed by atoms with E-state index in [2.05, 4.69) is 5.32 Å². The van der Waals surface area contributed by atoms with Crippen molar-refractivity contribution >= 4 is 50.6 Å². The van der Waals surface area contributed by atoms with Crippen molar-refractivity contribution in [1.29, 1.82) is 0 Å². The Morgan fingerprint density at radius 1 is 1.14 bits per heavy atom. The molecule has 0 fully saturated rings. The van der Waals surface area contributed by atoms with Gasteiger partial charge in [-0.1, -0.05) is 43.1 Å². The molecule has 0 bridgehead atoms. The minimum absolute atomic E-state index is 0.246. The highest BCUT2D eigenvalue weighted by atomic mass is 35.5. The van der Waals surface area contributed by atoms with Crippen LogP contribution < -0.4 is 5.32 Å². The fraction of sp³-hybridized carbons (Fsp3) is 0.389. The van der Waals surface area contributed by atoms with Crippen molar-refractivity contribution < 1.29 is 13.2 Å². The summed E-state index contributed by atoms with van der Waals surface area (Å²) in [5.74, 6) is 0. The van der Waals surface area contributed by atoms with E-state index in [1.165, 1.54) is 9.21 Å². The second kappa shape index (κ2) is 9.93. The van der Waals surface area contributed by atoms with E-state index in [0.29, 0.717) is 29.7 Å². The van der Waals surface area contributed by atoms with Gasteiger partial charge in [-0.05, 0) is 29.8 Å². The number of urea groups is 1. The minimum atomic E-state index is -3.48.